The number of nitrogens with zero attached hydrogens (tertiary/aromatic N) is 3. The number of piperidine rings is 1. The van der Waals surface area contributed by atoms with Crippen molar-refractivity contribution >= 4 is 11.8 Å². The molecular weight excluding hydrogens is 304 g/mol. The summed E-state index contributed by atoms with van der Waals surface area (Å²) in [6, 6.07) is -0.0488. The molecule has 0 aromatic carbocycles. The van der Waals surface area contributed by atoms with E-state index in [9.17, 15) is 9.59 Å². The Kier molecular flexibility index (Phi) is 3.79. The highest BCUT2D eigenvalue weighted by Gasteiger charge is 2.46. The van der Waals surface area contributed by atoms with E-state index in [0.29, 0.717) is 18.8 Å². The number of amides is 2. The lowest BCUT2D eigenvalue weighted by atomic mass is 9.94. The molecule has 4 rings (SSSR count). The van der Waals surface area contributed by atoms with E-state index in [4.69, 9.17) is 0 Å². The second kappa shape index (κ2) is 5.97. The van der Waals surface area contributed by atoms with Crippen molar-refractivity contribution in [3.05, 3.63) is 18.2 Å². The van der Waals surface area contributed by atoms with Crippen LogP contribution in [-0.4, -0.2) is 38.3 Å². The first-order chi connectivity index (χ1) is 11.6. The fraction of sp³-hybridized carbons (Fsp3) is 0.611. The van der Waals surface area contributed by atoms with Crippen LogP contribution in [-0.2, 0) is 16.6 Å². The normalized spacial score (nSPS) is 26.7. The highest BCUT2D eigenvalue weighted by Crippen LogP contribution is 2.40. The molecule has 2 amide bonds. The summed E-state index contributed by atoms with van der Waals surface area (Å²) in [4.78, 5) is 31.1. The monoisotopic (exact) mass is 326 g/mol. The number of likely N-dealkylation sites (tertiary alicyclic amines) is 1. The summed E-state index contributed by atoms with van der Waals surface area (Å²) < 4.78 is 1.94. The van der Waals surface area contributed by atoms with Gasteiger partial charge in [-0.25, -0.2) is 4.98 Å². The van der Waals surface area contributed by atoms with Crippen molar-refractivity contribution in [1.29, 1.82) is 0 Å². The van der Waals surface area contributed by atoms with Crippen molar-refractivity contribution < 1.29 is 9.59 Å². The zero-order valence-electron chi connectivity index (χ0n) is 13.9. The third kappa shape index (κ3) is 3.03. The lowest BCUT2D eigenvalue weighted by Gasteiger charge is -2.41. The van der Waals surface area contributed by atoms with E-state index >= 15 is 0 Å². The van der Waals surface area contributed by atoms with Gasteiger partial charge in [-0.2, -0.15) is 0 Å². The van der Waals surface area contributed by atoms with Gasteiger partial charge in [0.05, 0.1) is 6.04 Å². The third-order valence-corrected chi connectivity index (χ3v) is 4.98. The molecule has 2 heterocycles. The Balaban J connectivity index is 1.58. The second-order valence-corrected chi connectivity index (χ2v) is 7.04. The largest absolute Gasteiger partial charge is 0.340 e. The van der Waals surface area contributed by atoms with E-state index in [2.05, 4.69) is 22.1 Å². The molecule has 3 aliphatic rings. The molecule has 0 unspecified atom stereocenters. The second-order valence-electron chi connectivity index (χ2n) is 7.04. The summed E-state index contributed by atoms with van der Waals surface area (Å²) in [5.74, 6) is 6.87. The minimum Gasteiger partial charge on any atom is -0.340 e. The van der Waals surface area contributed by atoms with Crippen LogP contribution < -0.4 is 5.32 Å². The lowest BCUT2D eigenvalue weighted by molar-refractivity contribution is -0.140. The van der Waals surface area contributed by atoms with Gasteiger partial charge < -0.3 is 14.8 Å². The fourth-order valence-corrected chi connectivity index (χ4v) is 3.42. The van der Waals surface area contributed by atoms with E-state index in [1.54, 1.807) is 6.20 Å². The first-order valence-corrected chi connectivity index (χ1v) is 8.74. The predicted octanol–water partition coefficient (Wildman–Crippen LogP) is 1.14. The zero-order chi connectivity index (χ0) is 16.7. The molecule has 24 heavy (non-hydrogen) atoms. The Hall–Kier alpha value is -2.29. The topological polar surface area (TPSA) is 67.2 Å². The van der Waals surface area contributed by atoms with Crippen LogP contribution in [0.15, 0.2) is 12.4 Å². The summed E-state index contributed by atoms with van der Waals surface area (Å²) in [6.45, 7) is 0. The molecule has 0 bridgehead atoms. The van der Waals surface area contributed by atoms with Crippen LogP contribution in [0.25, 0.3) is 0 Å². The van der Waals surface area contributed by atoms with E-state index in [1.165, 1.54) is 0 Å². The number of carbonyl (C=O) groups is 2. The number of hydrogen-bond acceptors (Lipinski definition) is 3. The maximum absolute atomic E-state index is 12.5. The van der Waals surface area contributed by atoms with Crippen molar-refractivity contribution in [3.63, 3.8) is 0 Å². The molecule has 3 fully saturated rings. The molecule has 1 aliphatic heterocycles. The third-order valence-electron chi connectivity index (χ3n) is 4.98. The summed E-state index contributed by atoms with van der Waals surface area (Å²) in [5, 5.41) is 3.04. The van der Waals surface area contributed by atoms with Gasteiger partial charge >= 0.3 is 0 Å². The maximum Gasteiger partial charge on any atom is 0.296 e. The number of nitrogens with one attached hydrogen (secondary N) is 1. The van der Waals surface area contributed by atoms with E-state index < -0.39 is 0 Å². The molecule has 6 heteroatoms. The van der Waals surface area contributed by atoms with Crippen molar-refractivity contribution in [2.24, 2.45) is 13.0 Å². The van der Waals surface area contributed by atoms with Gasteiger partial charge in [-0.05, 0) is 38.0 Å². The standard InChI is InChI=1S/C18H22N4O2/c1-21-11-10-19-18(21)17-14(20-15(23)8-4-12-2-3-12)7-9-16(24)22(17)13-5-6-13/h10-14,17H,2-3,5-7,9H2,1H3,(H,20,23)/t14-,17-/m1/s1. The van der Waals surface area contributed by atoms with Crippen molar-refractivity contribution in [2.75, 3.05) is 0 Å². The van der Waals surface area contributed by atoms with Crippen molar-refractivity contribution in [2.45, 2.75) is 56.7 Å². The van der Waals surface area contributed by atoms with Crippen molar-refractivity contribution in [3.8, 4) is 11.8 Å². The summed E-state index contributed by atoms with van der Waals surface area (Å²) in [5.41, 5.74) is 0. The van der Waals surface area contributed by atoms with Crippen LogP contribution in [0.5, 0.6) is 0 Å². The Labute approximate surface area is 141 Å². The van der Waals surface area contributed by atoms with Gasteiger partial charge in [-0.3, -0.25) is 9.59 Å². The number of rotatable bonds is 3. The van der Waals surface area contributed by atoms with Crippen LogP contribution in [0, 0.1) is 17.8 Å². The zero-order valence-corrected chi connectivity index (χ0v) is 13.9. The SMILES string of the molecule is Cn1ccnc1[C@H]1[C@H](NC(=O)C#CC2CC2)CCC(=O)N1C1CC1. The van der Waals surface area contributed by atoms with Gasteiger partial charge in [0.1, 0.15) is 11.9 Å². The average Bonchev–Trinajstić information content (AvgIpc) is 3.47. The molecule has 2 aliphatic carbocycles. The fourth-order valence-electron chi connectivity index (χ4n) is 3.42. The Morgan fingerprint density at radius 1 is 1.29 bits per heavy atom. The van der Waals surface area contributed by atoms with E-state index in [-0.39, 0.29) is 29.9 Å². The number of aryl methyl sites for hydroxylation is 1. The molecule has 0 radical (unpaired) electrons. The highest BCUT2D eigenvalue weighted by atomic mass is 16.2. The van der Waals surface area contributed by atoms with Crippen LogP contribution in [0.1, 0.15) is 50.4 Å². The van der Waals surface area contributed by atoms with Crippen LogP contribution >= 0.6 is 0 Å². The number of carbonyl (C=O) groups excluding carboxylic acids is 2. The molecule has 1 saturated heterocycles. The van der Waals surface area contributed by atoms with Crippen LogP contribution in [0.2, 0.25) is 0 Å². The Bertz CT molecular complexity index is 721. The van der Waals surface area contributed by atoms with Crippen LogP contribution in [0.3, 0.4) is 0 Å². The first kappa shape index (κ1) is 15.3. The average molecular weight is 326 g/mol. The van der Waals surface area contributed by atoms with Gasteiger partial charge in [0.25, 0.3) is 5.91 Å². The van der Waals surface area contributed by atoms with Gasteiger partial charge in [0.15, 0.2) is 0 Å². The minimum absolute atomic E-state index is 0.134. The number of aromatic nitrogens is 2. The van der Waals surface area contributed by atoms with Gasteiger partial charge in [0, 0.05) is 37.8 Å². The predicted molar refractivity (Wildman–Crippen MR) is 87.5 cm³/mol. The van der Waals surface area contributed by atoms with E-state index in [1.807, 2.05) is 22.7 Å². The highest BCUT2D eigenvalue weighted by molar-refractivity contribution is 5.94. The first-order valence-electron chi connectivity index (χ1n) is 8.74. The maximum atomic E-state index is 12.5. The van der Waals surface area contributed by atoms with E-state index in [0.717, 1.165) is 31.5 Å². The molecular formula is C18H22N4O2. The molecule has 1 aromatic rings. The number of imidazole rings is 1. The molecule has 0 spiro atoms. The molecule has 1 N–H and O–H groups in total. The summed E-state index contributed by atoms with van der Waals surface area (Å²) in [6.07, 6.45) is 9.00. The van der Waals surface area contributed by atoms with Gasteiger partial charge in [-0.1, -0.05) is 5.92 Å². The molecule has 1 aromatic heterocycles. The van der Waals surface area contributed by atoms with Crippen molar-refractivity contribution in [1.82, 2.24) is 19.8 Å². The lowest BCUT2D eigenvalue weighted by Crippen LogP contribution is -2.53. The molecule has 2 atom stereocenters. The quantitative estimate of drug-likeness (QED) is 0.847. The summed E-state index contributed by atoms with van der Waals surface area (Å²) >= 11 is 0. The molecule has 6 nitrogen and oxygen atoms in total. The van der Waals surface area contributed by atoms with Gasteiger partial charge in [0.2, 0.25) is 5.91 Å². The minimum atomic E-state index is -0.240. The molecule has 2 saturated carbocycles. The Morgan fingerprint density at radius 3 is 2.71 bits per heavy atom. The Morgan fingerprint density at radius 2 is 2.08 bits per heavy atom. The van der Waals surface area contributed by atoms with Crippen LogP contribution in [0.4, 0.5) is 0 Å². The smallest absolute Gasteiger partial charge is 0.296 e. The number of hydrogen-bond donors (Lipinski definition) is 1. The summed E-state index contributed by atoms with van der Waals surface area (Å²) in [7, 11) is 1.93. The molecule has 126 valence electrons. The van der Waals surface area contributed by atoms with Gasteiger partial charge in [-0.15, -0.1) is 0 Å².